The predicted molar refractivity (Wildman–Crippen MR) is 83.0 cm³/mol. The standard InChI is InChI=1S/C17H26FNO2/c1-13(2)11-19(9-10-21-4)12-14(3)17(20)15-7-5-6-8-16(15)18/h5-8,13-14H,9-12H2,1-4H3. The van der Waals surface area contributed by atoms with Crippen molar-refractivity contribution in [1.29, 1.82) is 0 Å². The lowest BCUT2D eigenvalue weighted by Crippen LogP contribution is -2.37. The number of hydrogen-bond acceptors (Lipinski definition) is 3. The van der Waals surface area contributed by atoms with Gasteiger partial charge in [-0.2, -0.15) is 0 Å². The third-order valence-electron chi connectivity index (χ3n) is 3.35. The fourth-order valence-electron chi connectivity index (χ4n) is 2.39. The van der Waals surface area contributed by atoms with Crippen LogP contribution in [0.3, 0.4) is 0 Å². The Kier molecular flexibility index (Phi) is 7.54. The van der Waals surface area contributed by atoms with Gasteiger partial charge in [0.1, 0.15) is 5.82 Å². The molecule has 1 rings (SSSR count). The summed E-state index contributed by atoms with van der Waals surface area (Å²) in [5.74, 6) is -0.309. The van der Waals surface area contributed by atoms with Gasteiger partial charge in [-0.15, -0.1) is 0 Å². The summed E-state index contributed by atoms with van der Waals surface area (Å²) in [7, 11) is 1.67. The lowest BCUT2D eigenvalue weighted by molar-refractivity contribution is 0.0852. The zero-order valence-electron chi connectivity index (χ0n) is 13.4. The molecule has 0 amide bonds. The number of ether oxygens (including phenoxy) is 1. The molecule has 1 aromatic carbocycles. The molecule has 0 aliphatic rings. The summed E-state index contributed by atoms with van der Waals surface area (Å²) in [6, 6.07) is 6.17. The molecule has 0 saturated heterocycles. The number of carbonyl (C=O) groups excluding carboxylic acids is 1. The molecule has 0 heterocycles. The van der Waals surface area contributed by atoms with E-state index in [2.05, 4.69) is 18.7 Å². The van der Waals surface area contributed by atoms with Crippen LogP contribution in [0.25, 0.3) is 0 Å². The van der Waals surface area contributed by atoms with Crippen LogP contribution < -0.4 is 0 Å². The lowest BCUT2D eigenvalue weighted by Gasteiger charge is -2.26. The number of ketones is 1. The van der Waals surface area contributed by atoms with E-state index in [0.717, 1.165) is 13.1 Å². The Balaban J connectivity index is 2.69. The molecule has 0 aromatic heterocycles. The van der Waals surface area contributed by atoms with Crippen LogP contribution in [0.5, 0.6) is 0 Å². The van der Waals surface area contributed by atoms with Crippen molar-refractivity contribution < 1.29 is 13.9 Å². The van der Waals surface area contributed by atoms with E-state index in [1.807, 2.05) is 6.92 Å². The van der Waals surface area contributed by atoms with E-state index >= 15 is 0 Å². The first-order valence-corrected chi connectivity index (χ1v) is 7.45. The van der Waals surface area contributed by atoms with E-state index in [1.165, 1.54) is 6.07 Å². The second-order valence-electron chi connectivity index (χ2n) is 5.89. The predicted octanol–water partition coefficient (Wildman–Crippen LogP) is 3.25. The van der Waals surface area contributed by atoms with Gasteiger partial charge in [0.05, 0.1) is 12.2 Å². The van der Waals surface area contributed by atoms with E-state index < -0.39 is 5.82 Å². The SMILES string of the molecule is COCCN(CC(C)C)CC(C)C(=O)c1ccccc1F. The van der Waals surface area contributed by atoms with Gasteiger partial charge in [0, 0.05) is 32.7 Å². The van der Waals surface area contributed by atoms with Crippen molar-refractivity contribution in [1.82, 2.24) is 4.90 Å². The smallest absolute Gasteiger partial charge is 0.169 e. The average molecular weight is 295 g/mol. The van der Waals surface area contributed by atoms with Crippen molar-refractivity contribution in [3.8, 4) is 0 Å². The highest BCUT2D eigenvalue weighted by atomic mass is 19.1. The number of nitrogens with zero attached hydrogens (tertiary/aromatic N) is 1. The molecule has 21 heavy (non-hydrogen) atoms. The van der Waals surface area contributed by atoms with Crippen LogP contribution in [-0.4, -0.2) is 44.0 Å². The molecule has 0 bridgehead atoms. The second-order valence-corrected chi connectivity index (χ2v) is 5.89. The maximum absolute atomic E-state index is 13.7. The van der Waals surface area contributed by atoms with Gasteiger partial charge in [-0.25, -0.2) is 4.39 Å². The number of benzene rings is 1. The Hall–Kier alpha value is -1.26. The second kappa shape index (κ2) is 8.90. The number of carbonyl (C=O) groups is 1. The number of methoxy groups -OCH3 is 1. The first kappa shape index (κ1) is 17.8. The molecule has 0 aliphatic carbocycles. The highest BCUT2D eigenvalue weighted by Gasteiger charge is 2.21. The van der Waals surface area contributed by atoms with E-state index in [1.54, 1.807) is 25.3 Å². The maximum atomic E-state index is 13.7. The van der Waals surface area contributed by atoms with Crippen molar-refractivity contribution in [3.63, 3.8) is 0 Å². The van der Waals surface area contributed by atoms with Gasteiger partial charge in [0.2, 0.25) is 0 Å². The molecule has 1 aromatic rings. The minimum absolute atomic E-state index is 0.140. The van der Waals surface area contributed by atoms with Crippen molar-refractivity contribution in [2.75, 3.05) is 33.4 Å². The van der Waals surface area contributed by atoms with Crippen molar-refractivity contribution >= 4 is 5.78 Å². The Labute approximate surface area is 127 Å². The van der Waals surface area contributed by atoms with E-state index in [4.69, 9.17) is 4.74 Å². The summed E-state index contributed by atoms with van der Waals surface area (Å²) >= 11 is 0. The number of Topliss-reactive ketones (excluding diaryl/α,β-unsaturated/α-hetero) is 1. The van der Waals surface area contributed by atoms with Crippen LogP contribution in [0.4, 0.5) is 4.39 Å². The molecule has 0 spiro atoms. The zero-order valence-corrected chi connectivity index (χ0v) is 13.4. The van der Waals surface area contributed by atoms with Gasteiger partial charge >= 0.3 is 0 Å². The van der Waals surface area contributed by atoms with E-state index in [-0.39, 0.29) is 17.3 Å². The van der Waals surface area contributed by atoms with Crippen LogP contribution in [-0.2, 0) is 4.74 Å². The largest absolute Gasteiger partial charge is 0.383 e. The Bertz CT molecular complexity index is 448. The Morgan fingerprint density at radius 3 is 2.48 bits per heavy atom. The molecular formula is C17H26FNO2. The van der Waals surface area contributed by atoms with Gasteiger partial charge in [-0.3, -0.25) is 4.79 Å². The lowest BCUT2D eigenvalue weighted by atomic mass is 9.98. The highest BCUT2D eigenvalue weighted by molar-refractivity contribution is 5.98. The van der Waals surface area contributed by atoms with Crippen molar-refractivity contribution in [2.24, 2.45) is 11.8 Å². The first-order chi connectivity index (χ1) is 9.95. The fraction of sp³-hybridized carbons (Fsp3) is 0.588. The van der Waals surface area contributed by atoms with Gasteiger partial charge in [-0.05, 0) is 18.1 Å². The normalized spacial score (nSPS) is 12.9. The third kappa shape index (κ3) is 5.94. The Morgan fingerprint density at radius 1 is 1.24 bits per heavy atom. The quantitative estimate of drug-likeness (QED) is 0.655. The molecule has 0 aliphatic heterocycles. The molecule has 0 N–H and O–H groups in total. The summed E-state index contributed by atoms with van der Waals surface area (Å²) in [5.41, 5.74) is 0.182. The summed E-state index contributed by atoms with van der Waals surface area (Å²) in [4.78, 5) is 14.6. The molecular weight excluding hydrogens is 269 g/mol. The topological polar surface area (TPSA) is 29.5 Å². The molecule has 1 unspecified atom stereocenters. The fourth-order valence-corrected chi connectivity index (χ4v) is 2.39. The Morgan fingerprint density at radius 2 is 1.90 bits per heavy atom. The van der Waals surface area contributed by atoms with Crippen LogP contribution >= 0.6 is 0 Å². The minimum atomic E-state index is -0.443. The summed E-state index contributed by atoms with van der Waals surface area (Å²) in [5, 5.41) is 0. The molecule has 3 nitrogen and oxygen atoms in total. The number of halogens is 1. The molecule has 118 valence electrons. The van der Waals surface area contributed by atoms with Crippen molar-refractivity contribution in [2.45, 2.75) is 20.8 Å². The number of rotatable bonds is 9. The summed E-state index contributed by atoms with van der Waals surface area (Å²) in [6.07, 6.45) is 0. The van der Waals surface area contributed by atoms with E-state index in [9.17, 15) is 9.18 Å². The molecule has 0 radical (unpaired) electrons. The average Bonchev–Trinajstić information content (AvgIpc) is 2.43. The third-order valence-corrected chi connectivity index (χ3v) is 3.35. The molecule has 1 atom stereocenters. The first-order valence-electron chi connectivity index (χ1n) is 7.45. The van der Waals surface area contributed by atoms with Crippen LogP contribution in [0.1, 0.15) is 31.1 Å². The maximum Gasteiger partial charge on any atom is 0.169 e. The van der Waals surface area contributed by atoms with Gasteiger partial charge in [0.15, 0.2) is 5.78 Å². The van der Waals surface area contributed by atoms with Gasteiger partial charge in [0.25, 0.3) is 0 Å². The van der Waals surface area contributed by atoms with E-state index in [0.29, 0.717) is 19.1 Å². The zero-order chi connectivity index (χ0) is 15.8. The van der Waals surface area contributed by atoms with Crippen LogP contribution in [0, 0.1) is 17.7 Å². The molecule has 0 fully saturated rings. The van der Waals surface area contributed by atoms with Crippen LogP contribution in [0.15, 0.2) is 24.3 Å². The minimum Gasteiger partial charge on any atom is -0.383 e. The van der Waals surface area contributed by atoms with Gasteiger partial charge in [-0.1, -0.05) is 32.9 Å². The highest BCUT2D eigenvalue weighted by Crippen LogP contribution is 2.14. The van der Waals surface area contributed by atoms with Gasteiger partial charge < -0.3 is 9.64 Å². The van der Waals surface area contributed by atoms with Crippen molar-refractivity contribution in [3.05, 3.63) is 35.6 Å². The summed E-state index contributed by atoms with van der Waals surface area (Å²) < 4.78 is 18.8. The molecule has 0 saturated carbocycles. The monoisotopic (exact) mass is 295 g/mol. The van der Waals surface area contributed by atoms with Crippen LogP contribution in [0.2, 0.25) is 0 Å². The number of hydrogen-bond donors (Lipinski definition) is 0. The molecule has 4 heteroatoms. The summed E-state index contributed by atoms with van der Waals surface area (Å²) in [6.45, 7) is 9.07.